The van der Waals surface area contributed by atoms with E-state index in [1.807, 2.05) is 6.92 Å². The Morgan fingerprint density at radius 3 is 2.73 bits per heavy atom. The molecule has 5 nitrogen and oxygen atoms in total. The molecule has 1 aromatic rings. The zero-order valence-electron chi connectivity index (χ0n) is 12.8. The van der Waals surface area contributed by atoms with E-state index in [0.717, 1.165) is 12.8 Å². The van der Waals surface area contributed by atoms with E-state index in [2.05, 4.69) is 0 Å². The highest BCUT2D eigenvalue weighted by Gasteiger charge is 2.39. The van der Waals surface area contributed by atoms with E-state index in [1.54, 1.807) is 24.3 Å². The number of para-hydroxylation sites is 1. The maximum atomic E-state index is 12.5. The number of carbonyl (C=O) groups excluding carboxylic acids is 3. The predicted octanol–water partition coefficient (Wildman–Crippen LogP) is 2.63. The molecule has 0 saturated carbocycles. The lowest BCUT2D eigenvalue weighted by molar-refractivity contribution is -0.148. The molecule has 5 heteroatoms. The average Bonchev–Trinajstić information content (AvgIpc) is 2.86. The third-order valence-electron chi connectivity index (χ3n) is 3.89. The van der Waals surface area contributed by atoms with Crippen LogP contribution in [0.4, 0.5) is 0 Å². The largest absolute Gasteiger partial charge is 0.469 e. The molecule has 0 N–H and O–H groups in total. The number of ketones is 1. The van der Waals surface area contributed by atoms with E-state index >= 15 is 0 Å². The predicted molar refractivity (Wildman–Crippen MR) is 79.5 cm³/mol. The Kier molecular flexibility index (Phi) is 5.31. The molecule has 0 saturated heterocycles. The van der Waals surface area contributed by atoms with Crippen molar-refractivity contribution in [2.75, 3.05) is 7.11 Å². The van der Waals surface area contributed by atoms with E-state index in [1.165, 1.54) is 7.11 Å². The number of hydrogen-bond acceptors (Lipinski definition) is 5. The second-order valence-corrected chi connectivity index (χ2v) is 5.42. The van der Waals surface area contributed by atoms with Crippen molar-refractivity contribution in [1.29, 1.82) is 0 Å². The standard InChI is InChI=1S/C17H20O5/c1-3-4-7-11(16(19)21-2)10-13(18)15-12-8-5-6-9-14(12)22-17(15)20/h5-6,8-9,11,15H,3-4,7,10H2,1-2H3. The highest BCUT2D eigenvalue weighted by atomic mass is 16.5. The first-order chi connectivity index (χ1) is 10.6. The van der Waals surface area contributed by atoms with Crippen LogP contribution in [0.3, 0.4) is 0 Å². The summed E-state index contributed by atoms with van der Waals surface area (Å²) in [5.74, 6) is -2.26. The fourth-order valence-corrected chi connectivity index (χ4v) is 2.69. The normalized spacial score (nSPS) is 17.5. The second-order valence-electron chi connectivity index (χ2n) is 5.42. The fraction of sp³-hybridized carbons (Fsp3) is 0.471. The highest BCUT2D eigenvalue weighted by Crippen LogP contribution is 2.36. The van der Waals surface area contributed by atoms with Gasteiger partial charge in [-0.1, -0.05) is 38.0 Å². The maximum absolute atomic E-state index is 12.5. The van der Waals surface area contributed by atoms with Crippen LogP contribution in [0.5, 0.6) is 5.75 Å². The Hall–Kier alpha value is -2.17. The average molecular weight is 304 g/mol. The van der Waals surface area contributed by atoms with Crippen molar-refractivity contribution in [3.63, 3.8) is 0 Å². The van der Waals surface area contributed by atoms with Crippen molar-refractivity contribution in [3.05, 3.63) is 29.8 Å². The molecule has 22 heavy (non-hydrogen) atoms. The molecule has 2 rings (SSSR count). The minimum Gasteiger partial charge on any atom is -0.469 e. The number of rotatable bonds is 7. The van der Waals surface area contributed by atoms with Crippen LogP contribution in [0, 0.1) is 5.92 Å². The van der Waals surface area contributed by atoms with Crippen molar-refractivity contribution in [3.8, 4) is 5.75 Å². The van der Waals surface area contributed by atoms with E-state index in [9.17, 15) is 14.4 Å². The molecule has 1 aliphatic rings. The zero-order chi connectivity index (χ0) is 16.1. The van der Waals surface area contributed by atoms with Crippen molar-refractivity contribution >= 4 is 17.7 Å². The first kappa shape index (κ1) is 16.2. The van der Waals surface area contributed by atoms with Crippen LogP contribution in [0.1, 0.15) is 44.1 Å². The van der Waals surface area contributed by atoms with Gasteiger partial charge in [0.05, 0.1) is 13.0 Å². The number of benzene rings is 1. The minimum absolute atomic E-state index is 0.000768. The fourth-order valence-electron chi connectivity index (χ4n) is 2.69. The third-order valence-corrected chi connectivity index (χ3v) is 3.89. The maximum Gasteiger partial charge on any atom is 0.326 e. The Bertz CT molecular complexity index is 578. The molecule has 0 spiro atoms. The first-order valence-corrected chi connectivity index (χ1v) is 7.49. The van der Waals surface area contributed by atoms with Gasteiger partial charge in [0.15, 0.2) is 5.78 Å². The van der Waals surface area contributed by atoms with E-state index in [4.69, 9.17) is 9.47 Å². The van der Waals surface area contributed by atoms with Gasteiger partial charge in [-0.3, -0.25) is 14.4 Å². The lowest BCUT2D eigenvalue weighted by atomic mass is 9.88. The van der Waals surface area contributed by atoms with Gasteiger partial charge in [0.1, 0.15) is 11.7 Å². The smallest absolute Gasteiger partial charge is 0.326 e. The number of methoxy groups -OCH3 is 1. The van der Waals surface area contributed by atoms with Crippen LogP contribution in [0.2, 0.25) is 0 Å². The van der Waals surface area contributed by atoms with Gasteiger partial charge in [-0.15, -0.1) is 0 Å². The molecular weight excluding hydrogens is 284 g/mol. The molecule has 1 heterocycles. The first-order valence-electron chi connectivity index (χ1n) is 7.49. The summed E-state index contributed by atoms with van der Waals surface area (Å²) in [7, 11) is 1.31. The molecular formula is C17H20O5. The Labute approximate surface area is 129 Å². The van der Waals surface area contributed by atoms with Crippen LogP contribution in [-0.4, -0.2) is 24.8 Å². The van der Waals surface area contributed by atoms with Gasteiger partial charge in [-0.05, 0) is 12.5 Å². The number of unbranched alkanes of at least 4 members (excludes halogenated alkanes) is 1. The molecule has 2 atom stereocenters. The topological polar surface area (TPSA) is 69.7 Å². The summed E-state index contributed by atoms with van der Waals surface area (Å²) in [5.41, 5.74) is 0.580. The van der Waals surface area contributed by atoms with Gasteiger partial charge >= 0.3 is 11.9 Å². The number of ether oxygens (including phenoxy) is 2. The molecule has 0 aliphatic carbocycles. The monoisotopic (exact) mass is 304 g/mol. The van der Waals surface area contributed by atoms with Crippen LogP contribution < -0.4 is 4.74 Å². The van der Waals surface area contributed by atoms with Crippen LogP contribution in [0.25, 0.3) is 0 Å². The lowest BCUT2D eigenvalue weighted by Crippen LogP contribution is -2.26. The van der Waals surface area contributed by atoms with Crippen LogP contribution in [-0.2, 0) is 19.1 Å². The molecule has 118 valence electrons. The van der Waals surface area contributed by atoms with Gasteiger partial charge in [0.25, 0.3) is 0 Å². The van der Waals surface area contributed by atoms with Crippen molar-refractivity contribution < 1.29 is 23.9 Å². The Morgan fingerprint density at radius 2 is 2.05 bits per heavy atom. The van der Waals surface area contributed by atoms with Gasteiger partial charge in [0.2, 0.25) is 0 Å². The lowest BCUT2D eigenvalue weighted by Gasteiger charge is -2.15. The quantitative estimate of drug-likeness (QED) is 0.440. The summed E-state index contributed by atoms with van der Waals surface area (Å²) < 4.78 is 9.88. The summed E-state index contributed by atoms with van der Waals surface area (Å²) in [6, 6.07) is 6.88. The van der Waals surface area contributed by atoms with Gasteiger partial charge in [0, 0.05) is 12.0 Å². The summed E-state index contributed by atoms with van der Waals surface area (Å²) in [4.78, 5) is 36.3. The van der Waals surface area contributed by atoms with Crippen LogP contribution in [0.15, 0.2) is 24.3 Å². The SMILES string of the molecule is CCCCC(CC(=O)C1C(=O)Oc2ccccc21)C(=O)OC. The highest BCUT2D eigenvalue weighted by molar-refractivity contribution is 6.08. The zero-order valence-corrected chi connectivity index (χ0v) is 12.8. The summed E-state index contributed by atoms with van der Waals surface area (Å²) in [6.45, 7) is 2.01. The summed E-state index contributed by atoms with van der Waals surface area (Å²) in [5, 5.41) is 0. The molecule has 1 aliphatic heterocycles. The molecule has 1 aromatic carbocycles. The van der Waals surface area contributed by atoms with Gasteiger partial charge in [-0.25, -0.2) is 0 Å². The van der Waals surface area contributed by atoms with Gasteiger partial charge in [-0.2, -0.15) is 0 Å². The van der Waals surface area contributed by atoms with E-state index in [0.29, 0.717) is 17.7 Å². The number of Topliss-reactive ketones (excluding diaryl/α,β-unsaturated/α-hetero) is 1. The Morgan fingerprint density at radius 1 is 1.32 bits per heavy atom. The summed E-state index contributed by atoms with van der Waals surface area (Å²) >= 11 is 0. The second kappa shape index (κ2) is 7.20. The number of carbonyl (C=O) groups is 3. The molecule has 0 radical (unpaired) electrons. The molecule has 0 aromatic heterocycles. The number of hydrogen-bond donors (Lipinski definition) is 0. The van der Waals surface area contributed by atoms with E-state index in [-0.39, 0.29) is 12.2 Å². The molecule has 0 bridgehead atoms. The Balaban J connectivity index is 2.13. The number of esters is 2. The van der Waals surface area contributed by atoms with Crippen molar-refractivity contribution in [2.24, 2.45) is 5.92 Å². The van der Waals surface area contributed by atoms with Crippen LogP contribution >= 0.6 is 0 Å². The molecule has 0 fully saturated rings. The molecule has 2 unspecified atom stereocenters. The third kappa shape index (κ3) is 3.35. The summed E-state index contributed by atoms with van der Waals surface area (Å²) in [6.07, 6.45) is 2.34. The minimum atomic E-state index is -0.926. The van der Waals surface area contributed by atoms with Crippen molar-refractivity contribution in [2.45, 2.75) is 38.5 Å². The molecule has 0 amide bonds. The van der Waals surface area contributed by atoms with E-state index < -0.39 is 23.8 Å². The van der Waals surface area contributed by atoms with Gasteiger partial charge < -0.3 is 9.47 Å². The number of fused-ring (bicyclic) bond motifs is 1. The van der Waals surface area contributed by atoms with Crippen molar-refractivity contribution in [1.82, 2.24) is 0 Å².